The molecule has 5 nitrogen and oxygen atoms in total. The molecule has 0 unspecified atom stereocenters. The molecule has 0 radical (unpaired) electrons. The Balaban J connectivity index is 3.04. The number of nitrogens with two attached hydrogens (primary N) is 1. The SMILES string of the molecule is CCCNS(=O)(=O)c1cccnc1CN. The minimum Gasteiger partial charge on any atom is -0.325 e. The van der Waals surface area contributed by atoms with E-state index < -0.39 is 10.0 Å². The summed E-state index contributed by atoms with van der Waals surface area (Å²) in [6.45, 7) is 2.43. The van der Waals surface area contributed by atoms with Gasteiger partial charge in [0.15, 0.2) is 0 Å². The molecule has 1 heterocycles. The summed E-state index contributed by atoms with van der Waals surface area (Å²) in [4.78, 5) is 4.09. The number of nitrogens with zero attached hydrogens (tertiary/aromatic N) is 1. The third-order valence-corrected chi connectivity index (χ3v) is 3.41. The Morgan fingerprint density at radius 3 is 2.87 bits per heavy atom. The smallest absolute Gasteiger partial charge is 0.242 e. The van der Waals surface area contributed by atoms with Crippen LogP contribution in [0.15, 0.2) is 23.2 Å². The van der Waals surface area contributed by atoms with Crippen molar-refractivity contribution in [3.8, 4) is 0 Å². The lowest BCUT2D eigenvalue weighted by atomic mass is 10.3. The average Bonchev–Trinajstić information content (AvgIpc) is 2.26. The Morgan fingerprint density at radius 1 is 1.53 bits per heavy atom. The molecule has 0 fully saturated rings. The quantitative estimate of drug-likeness (QED) is 0.756. The van der Waals surface area contributed by atoms with E-state index in [1.165, 1.54) is 12.3 Å². The van der Waals surface area contributed by atoms with Gasteiger partial charge in [-0.1, -0.05) is 6.92 Å². The molecule has 0 bridgehead atoms. The van der Waals surface area contributed by atoms with Crippen LogP contribution in [0, 0.1) is 0 Å². The topological polar surface area (TPSA) is 85.1 Å². The zero-order chi connectivity index (χ0) is 11.3. The zero-order valence-electron chi connectivity index (χ0n) is 8.60. The summed E-state index contributed by atoms with van der Waals surface area (Å²) in [7, 11) is -3.46. The van der Waals surface area contributed by atoms with Gasteiger partial charge in [-0.25, -0.2) is 13.1 Å². The first-order chi connectivity index (χ1) is 7.11. The molecule has 84 valence electrons. The van der Waals surface area contributed by atoms with Crippen LogP contribution in [0.2, 0.25) is 0 Å². The van der Waals surface area contributed by atoms with Gasteiger partial charge in [0.25, 0.3) is 0 Å². The number of rotatable bonds is 5. The van der Waals surface area contributed by atoms with Crippen molar-refractivity contribution in [1.29, 1.82) is 0 Å². The Bertz CT molecular complexity index is 417. The second-order valence-electron chi connectivity index (χ2n) is 3.05. The van der Waals surface area contributed by atoms with Crippen molar-refractivity contribution >= 4 is 10.0 Å². The van der Waals surface area contributed by atoms with Crippen molar-refractivity contribution in [2.24, 2.45) is 5.73 Å². The molecule has 6 heteroatoms. The molecular weight excluding hydrogens is 214 g/mol. The standard InChI is InChI=1S/C9H15N3O2S/c1-2-5-12-15(13,14)9-4-3-6-11-8(9)7-10/h3-4,6,12H,2,5,7,10H2,1H3. The lowest BCUT2D eigenvalue weighted by Gasteiger charge is -2.08. The maximum absolute atomic E-state index is 11.8. The molecule has 0 aliphatic heterocycles. The first-order valence-corrected chi connectivity index (χ1v) is 6.23. The van der Waals surface area contributed by atoms with E-state index in [-0.39, 0.29) is 11.4 Å². The van der Waals surface area contributed by atoms with Gasteiger partial charge in [0.1, 0.15) is 4.90 Å². The molecule has 1 rings (SSSR count). The normalized spacial score (nSPS) is 11.6. The highest BCUT2D eigenvalue weighted by Gasteiger charge is 2.17. The Morgan fingerprint density at radius 2 is 2.27 bits per heavy atom. The van der Waals surface area contributed by atoms with Gasteiger partial charge in [0, 0.05) is 19.3 Å². The van der Waals surface area contributed by atoms with Crippen LogP contribution in [-0.4, -0.2) is 19.9 Å². The van der Waals surface area contributed by atoms with Crippen molar-refractivity contribution in [1.82, 2.24) is 9.71 Å². The fourth-order valence-electron chi connectivity index (χ4n) is 1.14. The van der Waals surface area contributed by atoms with Crippen LogP contribution < -0.4 is 10.5 Å². The van der Waals surface area contributed by atoms with Crippen molar-refractivity contribution in [2.45, 2.75) is 24.8 Å². The molecule has 0 saturated carbocycles. The summed E-state index contributed by atoms with van der Waals surface area (Å²) in [5.41, 5.74) is 5.81. The first kappa shape index (κ1) is 12.1. The van der Waals surface area contributed by atoms with E-state index in [0.717, 1.165) is 6.42 Å². The largest absolute Gasteiger partial charge is 0.325 e. The van der Waals surface area contributed by atoms with Gasteiger partial charge in [-0.05, 0) is 18.6 Å². The van der Waals surface area contributed by atoms with Gasteiger partial charge in [0.2, 0.25) is 10.0 Å². The van der Waals surface area contributed by atoms with Crippen LogP contribution in [0.1, 0.15) is 19.0 Å². The predicted octanol–water partition coefficient (Wildman–Crippen LogP) is 0.229. The van der Waals surface area contributed by atoms with Crippen LogP contribution in [-0.2, 0) is 16.6 Å². The van der Waals surface area contributed by atoms with Crippen LogP contribution in [0.25, 0.3) is 0 Å². The third kappa shape index (κ3) is 2.98. The highest BCUT2D eigenvalue weighted by Crippen LogP contribution is 2.11. The van der Waals surface area contributed by atoms with Gasteiger partial charge < -0.3 is 5.73 Å². The van der Waals surface area contributed by atoms with Gasteiger partial charge >= 0.3 is 0 Å². The highest BCUT2D eigenvalue weighted by atomic mass is 32.2. The van der Waals surface area contributed by atoms with Crippen molar-refractivity contribution in [2.75, 3.05) is 6.54 Å². The fourth-order valence-corrected chi connectivity index (χ4v) is 2.47. The van der Waals surface area contributed by atoms with Crippen LogP contribution >= 0.6 is 0 Å². The zero-order valence-corrected chi connectivity index (χ0v) is 9.42. The van der Waals surface area contributed by atoms with Crippen molar-refractivity contribution in [3.05, 3.63) is 24.0 Å². The highest BCUT2D eigenvalue weighted by molar-refractivity contribution is 7.89. The second-order valence-corrected chi connectivity index (χ2v) is 4.79. The molecule has 0 aliphatic rings. The summed E-state index contributed by atoms with van der Waals surface area (Å²) < 4.78 is 26.0. The third-order valence-electron chi connectivity index (χ3n) is 1.87. The van der Waals surface area contributed by atoms with E-state index in [9.17, 15) is 8.42 Å². The Kier molecular flexibility index (Phi) is 4.19. The number of sulfonamides is 1. The molecule has 0 atom stereocenters. The molecule has 0 amide bonds. The lowest BCUT2D eigenvalue weighted by molar-refractivity contribution is 0.578. The molecular formula is C9H15N3O2S. The fraction of sp³-hybridized carbons (Fsp3) is 0.444. The van der Waals surface area contributed by atoms with Crippen LogP contribution in [0.5, 0.6) is 0 Å². The molecule has 0 spiro atoms. The Labute approximate surface area is 89.8 Å². The summed E-state index contributed by atoms with van der Waals surface area (Å²) >= 11 is 0. The van der Waals surface area contributed by atoms with Gasteiger partial charge in [-0.3, -0.25) is 4.98 Å². The molecule has 0 saturated heterocycles. The maximum atomic E-state index is 11.8. The van der Waals surface area contributed by atoms with Crippen molar-refractivity contribution < 1.29 is 8.42 Å². The van der Waals surface area contributed by atoms with E-state index in [1.54, 1.807) is 6.07 Å². The van der Waals surface area contributed by atoms with Crippen LogP contribution in [0.4, 0.5) is 0 Å². The minimum atomic E-state index is -3.46. The van der Waals surface area contributed by atoms with Crippen molar-refractivity contribution in [3.63, 3.8) is 0 Å². The van der Waals surface area contributed by atoms with E-state index in [0.29, 0.717) is 12.2 Å². The molecule has 15 heavy (non-hydrogen) atoms. The minimum absolute atomic E-state index is 0.114. The number of pyridine rings is 1. The molecule has 3 N–H and O–H groups in total. The number of hydrogen-bond donors (Lipinski definition) is 2. The van der Waals surface area contributed by atoms with E-state index in [2.05, 4.69) is 9.71 Å². The van der Waals surface area contributed by atoms with Gasteiger partial charge in [-0.2, -0.15) is 0 Å². The number of aromatic nitrogens is 1. The summed E-state index contributed by atoms with van der Waals surface area (Å²) in [6.07, 6.45) is 2.28. The van der Waals surface area contributed by atoms with E-state index in [4.69, 9.17) is 5.73 Å². The van der Waals surface area contributed by atoms with Gasteiger partial charge in [-0.15, -0.1) is 0 Å². The molecule has 0 aliphatic carbocycles. The van der Waals surface area contributed by atoms with E-state index in [1.807, 2.05) is 6.92 Å². The molecule has 0 aromatic carbocycles. The monoisotopic (exact) mass is 229 g/mol. The molecule has 1 aromatic heterocycles. The Hall–Kier alpha value is -0.980. The van der Waals surface area contributed by atoms with E-state index >= 15 is 0 Å². The number of nitrogens with one attached hydrogen (secondary N) is 1. The predicted molar refractivity (Wildman–Crippen MR) is 57.6 cm³/mol. The first-order valence-electron chi connectivity index (χ1n) is 4.75. The summed E-state index contributed by atoms with van der Waals surface area (Å²) in [6, 6.07) is 3.09. The van der Waals surface area contributed by atoms with Gasteiger partial charge in [0.05, 0.1) is 5.69 Å². The van der Waals surface area contributed by atoms with Crippen LogP contribution in [0.3, 0.4) is 0 Å². The second kappa shape index (κ2) is 5.20. The summed E-state index contributed by atoms with van der Waals surface area (Å²) in [5.74, 6) is 0. The maximum Gasteiger partial charge on any atom is 0.242 e. The lowest BCUT2D eigenvalue weighted by Crippen LogP contribution is -2.26. The molecule has 1 aromatic rings. The summed E-state index contributed by atoms with van der Waals surface area (Å²) in [5, 5.41) is 0. The number of hydrogen-bond acceptors (Lipinski definition) is 4. The average molecular weight is 229 g/mol.